The maximum Gasteiger partial charge on any atom is 0.224 e. The Morgan fingerprint density at radius 2 is 1.81 bits per heavy atom. The van der Waals surface area contributed by atoms with Gasteiger partial charge in [-0.15, -0.1) is 0 Å². The Hall–Kier alpha value is -2.17. The van der Waals surface area contributed by atoms with Crippen molar-refractivity contribution >= 4 is 11.6 Å². The highest BCUT2D eigenvalue weighted by Gasteiger charge is 2.21. The molecular weight excluding hydrogens is 336 g/mol. The molecule has 0 aliphatic carbocycles. The molecule has 4 heteroatoms. The topological polar surface area (TPSA) is 50.4 Å². The van der Waals surface area contributed by atoms with Gasteiger partial charge in [0.2, 0.25) is 5.91 Å². The fraction of sp³-hybridized carbons (Fsp3) is 0.435. The second kappa shape index (κ2) is 10.2. The van der Waals surface area contributed by atoms with Gasteiger partial charge in [0.1, 0.15) is 0 Å². The van der Waals surface area contributed by atoms with Crippen molar-refractivity contribution in [1.82, 2.24) is 5.32 Å². The smallest absolute Gasteiger partial charge is 0.224 e. The van der Waals surface area contributed by atoms with E-state index in [-0.39, 0.29) is 5.91 Å². The summed E-state index contributed by atoms with van der Waals surface area (Å²) in [6.07, 6.45) is 3.01. The molecule has 144 valence electrons. The lowest BCUT2D eigenvalue weighted by Crippen LogP contribution is -2.34. The van der Waals surface area contributed by atoms with E-state index < -0.39 is 0 Å². The average Bonchev–Trinajstić information content (AvgIpc) is 2.71. The molecule has 1 heterocycles. The van der Waals surface area contributed by atoms with E-state index in [1.165, 1.54) is 18.4 Å². The van der Waals surface area contributed by atoms with Gasteiger partial charge in [-0.3, -0.25) is 4.79 Å². The molecule has 1 amide bonds. The molecule has 1 aliphatic heterocycles. The van der Waals surface area contributed by atoms with Gasteiger partial charge < -0.3 is 15.4 Å². The zero-order valence-corrected chi connectivity index (χ0v) is 16.1. The predicted molar refractivity (Wildman–Crippen MR) is 109 cm³/mol. The highest BCUT2D eigenvalue weighted by Crippen LogP contribution is 2.23. The molecule has 0 saturated carbocycles. The van der Waals surface area contributed by atoms with Crippen molar-refractivity contribution in [3.05, 3.63) is 65.7 Å². The fourth-order valence-corrected chi connectivity index (χ4v) is 3.58. The molecular formula is C23H30N2O2. The minimum absolute atomic E-state index is 0.0983. The molecule has 1 fully saturated rings. The number of hydrogen-bond acceptors (Lipinski definition) is 3. The molecule has 3 rings (SSSR count). The van der Waals surface area contributed by atoms with Crippen molar-refractivity contribution in [3.63, 3.8) is 0 Å². The molecule has 2 atom stereocenters. The first kappa shape index (κ1) is 19.6. The summed E-state index contributed by atoms with van der Waals surface area (Å²) < 4.78 is 5.75. The summed E-state index contributed by atoms with van der Waals surface area (Å²) in [4.78, 5) is 12.3. The predicted octanol–water partition coefficient (Wildman–Crippen LogP) is 4.37. The second-order valence-electron chi connectivity index (χ2n) is 7.51. The summed E-state index contributed by atoms with van der Waals surface area (Å²) in [7, 11) is 0. The van der Waals surface area contributed by atoms with Gasteiger partial charge in [0.15, 0.2) is 0 Å². The summed E-state index contributed by atoms with van der Waals surface area (Å²) >= 11 is 0. The van der Waals surface area contributed by atoms with Crippen molar-refractivity contribution in [2.75, 3.05) is 18.4 Å². The number of hydrogen-bond donors (Lipinski definition) is 2. The molecule has 2 N–H and O–H groups in total. The third kappa shape index (κ3) is 6.49. The number of anilines is 1. The number of carbonyl (C=O) groups excluding carboxylic acids is 1. The van der Waals surface area contributed by atoms with Gasteiger partial charge in [-0.05, 0) is 61.0 Å². The first-order valence-electron chi connectivity index (χ1n) is 9.92. The monoisotopic (exact) mass is 366 g/mol. The number of nitrogens with one attached hydrogen (secondary N) is 2. The lowest BCUT2D eigenvalue weighted by Gasteiger charge is -2.28. The largest absolute Gasteiger partial charge is 0.372 e. The van der Waals surface area contributed by atoms with Crippen molar-refractivity contribution in [1.29, 1.82) is 0 Å². The van der Waals surface area contributed by atoms with Crippen LogP contribution < -0.4 is 10.6 Å². The number of amides is 1. The van der Waals surface area contributed by atoms with Crippen LogP contribution in [0.2, 0.25) is 0 Å². The summed E-state index contributed by atoms with van der Waals surface area (Å²) in [6, 6.07) is 18.1. The standard InChI is InChI=1S/C23H30N2O2/c1-18(21-8-5-13-24-15-21)14-23(26)25-22-11-9-20(10-12-22)17-27-16-19-6-3-2-4-7-19/h2-4,6-7,9-12,18,21,24H,5,8,13-17H2,1H3,(H,25,26). The van der Waals surface area contributed by atoms with Crippen LogP contribution in [0.25, 0.3) is 0 Å². The summed E-state index contributed by atoms with van der Waals surface area (Å²) in [5.41, 5.74) is 3.12. The Kier molecular flexibility index (Phi) is 7.43. The Morgan fingerprint density at radius 1 is 1.11 bits per heavy atom. The summed E-state index contributed by atoms with van der Waals surface area (Å²) in [5.74, 6) is 1.11. The molecule has 0 bridgehead atoms. The lowest BCUT2D eigenvalue weighted by molar-refractivity contribution is -0.117. The summed E-state index contributed by atoms with van der Waals surface area (Å²) in [6.45, 7) is 5.50. The van der Waals surface area contributed by atoms with E-state index in [9.17, 15) is 4.79 Å². The van der Waals surface area contributed by atoms with Crippen molar-refractivity contribution in [3.8, 4) is 0 Å². The van der Waals surface area contributed by atoms with Gasteiger partial charge in [-0.25, -0.2) is 0 Å². The lowest BCUT2D eigenvalue weighted by atomic mass is 9.85. The molecule has 1 saturated heterocycles. The molecule has 4 nitrogen and oxygen atoms in total. The van der Waals surface area contributed by atoms with E-state index in [1.807, 2.05) is 42.5 Å². The van der Waals surface area contributed by atoms with Crippen LogP contribution in [-0.2, 0) is 22.7 Å². The van der Waals surface area contributed by atoms with Gasteiger partial charge in [0, 0.05) is 12.1 Å². The molecule has 0 spiro atoms. The van der Waals surface area contributed by atoms with Gasteiger partial charge in [-0.2, -0.15) is 0 Å². The number of ether oxygens (including phenoxy) is 1. The van der Waals surface area contributed by atoms with E-state index in [0.29, 0.717) is 31.5 Å². The normalized spacial score (nSPS) is 18.0. The van der Waals surface area contributed by atoms with E-state index >= 15 is 0 Å². The quantitative estimate of drug-likeness (QED) is 0.729. The van der Waals surface area contributed by atoms with Crippen molar-refractivity contribution < 1.29 is 9.53 Å². The minimum Gasteiger partial charge on any atom is -0.372 e. The van der Waals surface area contributed by atoms with Crippen LogP contribution in [-0.4, -0.2) is 19.0 Å². The minimum atomic E-state index is 0.0983. The van der Waals surface area contributed by atoms with E-state index in [2.05, 4.69) is 29.7 Å². The maximum atomic E-state index is 12.3. The van der Waals surface area contributed by atoms with Crippen LogP contribution in [0.5, 0.6) is 0 Å². The molecule has 2 aromatic carbocycles. The molecule has 2 aromatic rings. The molecule has 0 radical (unpaired) electrons. The van der Waals surface area contributed by atoms with E-state index in [0.717, 1.165) is 24.3 Å². The zero-order chi connectivity index (χ0) is 18.9. The van der Waals surface area contributed by atoms with Gasteiger partial charge in [-0.1, -0.05) is 49.4 Å². The van der Waals surface area contributed by atoms with E-state index in [1.54, 1.807) is 0 Å². The summed E-state index contributed by atoms with van der Waals surface area (Å²) in [5, 5.41) is 6.45. The Bertz CT molecular complexity index is 694. The average molecular weight is 367 g/mol. The van der Waals surface area contributed by atoms with E-state index in [4.69, 9.17) is 4.74 Å². The Morgan fingerprint density at radius 3 is 2.48 bits per heavy atom. The van der Waals surface area contributed by atoms with Crippen molar-refractivity contribution in [2.45, 2.75) is 39.4 Å². The van der Waals surface area contributed by atoms with Crippen LogP contribution >= 0.6 is 0 Å². The number of carbonyl (C=O) groups is 1. The molecule has 2 unspecified atom stereocenters. The first-order chi connectivity index (χ1) is 13.2. The number of piperidine rings is 1. The Balaban J connectivity index is 1.40. The third-order valence-electron chi connectivity index (χ3n) is 5.27. The van der Waals surface area contributed by atoms with Crippen LogP contribution in [0.3, 0.4) is 0 Å². The van der Waals surface area contributed by atoms with Gasteiger partial charge in [0.05, 0.1) is 13.2 Å². The fourth-order valence-electron chi connectivity index (χ4n) is 3.58. The third-order valence-corrected chi connectivity index (χ3v) is 5.27. The molecule has 27 heavy (non-hydrogen) atoms. The van der Waals surface area contributed by atoms with Crippen LogP contribution in [0.4, 0.5) is 5.69 Å². The van der Waals surface area contributed by atoms with Gasteiger partial charge in [0.25, 0.3) is 0 Å². The van der Waals surface area contributed by atoms with Crippen molar-refractivity contribution in [2.24, 2.45) is 11.8 Å². The molecule has 1 aliphatic rings. The second-order valence-corrected chi connectivity index (χ2v) is 7.51. The highest BCUT2D eigenvalue weighted by atomic mass is 16.5. The number of rotatable bonds is 8. The SMILES string of the molecule is CC(CC(=O)Nc1ccc(COCc2ccccc2)cc1)C1CCCNC1. The van der Waals surface area contributed by atoms with Crippen LogP contribution in [0.1, 0.15) is 37.3 Å². The first-order valence-corrected chi connectivity index (χ1v) is 9.92. The highest BCUT2D eigenvalue weighted by molar-refractivity contribution is 5.90. The maximum absolute atomic E-state index is 12.3. The van der Waals surface area contributed by atoms with Gasteiger partial charge >= 0.3 is 0 Å². The zero-order valence-electron chi connectivity index (χ0n) is 16.1. The number of benzene rings is 2. The molecule has 0 aromatic heterocycles. The van der Waals surface area contributed by atoms with Crippen LogP contribution in [0.15, 0.2) is 54.6 Å². The Labute approximate surface area is 162 Å². The van der Waals surface area contributed by atoms with Crippen LogP contribution in [0, 0.1) is 11.8 Å².